The van der Waals surface area contributed by atoms with E-state index in [1.165, 1.54) is 0 Å². The van der Waals surface area contributed by atoms with Gasteiger partial charge in [-0.05, 0) is 42.7 Å². The Hall–Kier alpha value is -1.22. The lowest BCUT2D eigenvalue weighted by Gasteiger charge is -2.18. The maximum Gasteiger partial charge on any atom is 0.127 e. The lowest BCUT2D eigenvalue weighted by molar-refractivity contribution is 0.174. The van der Waals surface area contributed by atoms with E-state index in [-0.39, 0.29) is 0 Å². The van der Waals surface area contributed by atoms with Gasteiger partial charge in [-0.3, -0.25) is 0 Å². The fourth-order valence-electron chi connectivity index (χ4n) is 2.35. The van der Waals surface area contributed by atoms with E-state index in [1.807, 2.05) is 32.0 Å². The van der Waals surface area contributed by atoms with Crippen molar-refractivity contribution in [3.8, 4) is 5.75 Å². The average molecular weight is 325 g/mol. The molecule has 0 amide bonds. The molecule has 0 aromatic heterocycles. The van der Waals surface area contributed by atoms with Gasteiger partial charge in [0.2, 0.25) is 0 Å². The van der Waals surface area contributed by atoms with Crippen LogP contribution in [-0.2, 0) is 6.42 Å². The van der Waals surface area contributed by atoms with Gasteiger partial charge in [-0.25, -0.2) is 0 Å². The van der Waals surface area contributed by atoms with Gasteiger partial charge >= 0.3 is 0 Å². The highest BCUT2D eigenvalue weighted by molar-refractivity contribution is 6.35. The molecule has 1 N–H and O–H groups in total. The Morgan fingerprint density at radius 3 is 2.48 bits per heavy atom. The Labute approximate surface area is 135 Å². The fraction of sp³-hybridized carbons (Fsp3) is 0.294. The van der Waals surface area contributed by atoms with Crippen molar-refractivity contribution in [3.05, 3.63) is 62.6 Å². The average Bonchev–Trinajstić information content (AvgIpc) is 2.44. The van der Waals surface area contributed by atoms with E-state index in [0.29, 0.717) is 16.5 Å². The minimum atomic E-state index is -0.682. The lowest BCUT2D eigenvalue weighted by Crippen LogP contribution is -2.06. The van der Waals surface area contributed by atoms with Crippen LogP contribution in [0.5, 0.6) is 5.75 Å². The first kappa shape index (κ1) is 16.2. The van der Waals surface area contributed by atoms with Crippen LogP contribution in [0.2, 0.25) is 10.0 Å². The highest BCUT2D eigenvalue weighted by Crippen LogP contribution is 2.33. The van der Waals surface area contributed by atoms with Crippen molar-refractivity contribution in [3.63, 3.8) is 0 Å². The number of hydrogen-bond donors (Lipinski definition) is 1. The summed E-state index contributed by atoms with van der Waals surface area (Å²) in [6.45, 7) is 4.00. The number of halogens is 2. The van der Waals surface area contributed by atoms with E-state index in [4.69, 9.17) is 27.9 Å². The monoisotopic (exact) mass is 324 g/mol. The molecule has 0 saturated heterocycles. The second-order valence-corrected chi connectivity index (χ2v) is 5.93. The van der Waals surface area contributed by atoms with Crippen LogP contribution in [0.3, 0.4) is 0 Å². The van der Waals surface area contributed by atoms with Crippen LogP contribution in [-0.4, -0.2) is 12.2 Å². The number of methoxy groups -OCH3 is 1. The number of aliphatic hydroxyl groups excluding tert-OH is 1. The van der Waals surface area contributed by atoms with Gasteiger partial charge in [-0.15, -0.1) is 0 Å². The molecule has 2 nitrogen and oxygen atoms in total. The van der Waals surface area contributed by atoms with Gasteiger partial charge in [-0.1, -0.05) is 41.4 Å². The zero-order chi connectivity index (χ0) is 15.6. The molecule has 0 aliphatic rings. The molecule has 0 saturated carbocycles. The largest absolute Gasteiger partial charge is 0.496 e. The van der Waals surface area contributed by atoms with Crippen molar-refractivity contribution in [2.45, 2.75) is 26.4 Å². The molecular weight excluding hydrogens is 307 g/mol. The predicted octanol–water partition coefficient (Wildman–Crippen LogP) is 4.89. The minimum absolute atomic E-state index is 0.412. The summed E-state index contributed by atoms with van der Waals surface area (Å²) in [4.78, 5) is 0. The van der Waals surface area contributed by atoms with Crippen molar-refractivity contribution >= 4 is 23.2 Å². The van der Waals surface area contributed by atoms with E-state index >= 15 is 0 Å². The molecule has 112 valence electrons. The molecule has 2 rings (SSSR count). The second-order valence-electron chi connectivity index (χ2n) is 5.09. The van der Waals surface area contributed by atoms with Crippen molar-refractivity contribution in [2.24, 2.45) is 0 Å². The molecule has 1 unspecified atom stereocenters. The number of hydrogen-bond acceptors (Lipinski definition) is 2. The molecular formula is C17H18Cl2O2. The van der Waals surface area contributed by atoms with Crippen LogP contribution in [0, 0.1) is 13.8 Å². The van der Waals surface area contributed by atoms with Gasteiger partial charge in [0.05, 0.1) is 13.2 Å². The van der Waals surface area contributed by atoms with Crippen molar-refractivity contribution in [2.75, 3.05) is 7.11 Å². The number of benzene rings is 2. The molecule has 0 heterocycles. The quantitative estimate of drug-likeness (QED) is 0.867. The summed E-state index contributed by atoms with van der Waals surface area (Å²) in [7, 11) is 1.62. The minimum Gasteiger partial charge on any atom is -0.496 e. The molecule has 0 spiro atoms. The molecule has 21 heavy (non-hydrogen) atoms. The van der Waals surface area contributed by atoms with Gasteiger partial charge < -0.3 is 9.84 Å². The zero-order valence-electron chi connectivity index (χ0n) is 12.3. The maximum absolute atomic E-state index is 10.5. The van der Waals surface area contributed by atoms with Crippen molar-refractivity contribution in [1.82, 2.24) is 0 Å². The van der Waals surface area contributed by atoms with Crippen LogP contribution in [0.1, 0.15) is 28.4 Å². The smallest absolute Gasteiger partial charge is 0.127 e. The molecule has 2 aromatic carbocycles. The third-order valence-corrected chi connectivity index (χ3v) is 4.29. The van der Waals surface area contributed by atoms with Crippen LogP contribution >= 0.6 is 23.2 Å². The lowest BCUT2D eigenvalue weighted by atomic mass is 9.96. The van der Waals surface area contributed by atoms with Gasteiger partial charge in [0.25, 0.3) is 0 Å². The molecule has 0 aliphatic heterocycles. The fourth-order valence-corrected chi connectivity index (χ4v) is 2.84. The third-order valence-electron chi connectivity index (χ3n) is 3.70. The molecule has 1 atom stereocenters. The predicted molar refractivity (Wildman–Crippen MR) is 87.6 cm³/mol. The summed E-state index contributed by atoms with van der Waals surface area (Å²) < 4.78 is 5.45. The Kier molecular flexibility index (Phi) is 5.15. The SMILES string of the molecule is COc1c(C(O)Cc2ccc(Cl)cc2Cl)ccc(C)c1C. The van der Waals surface area contributed by atoms with Crippen LogP contribution in [0.25, 0.3) is 0 Å². The Balaban J connectivity index is 2.32. The molecule has 4 heteroatoms. The van der Waals surface area contributed by atoms with Gasteiger partial charge in [-0.2, -0.15) is 0 Å². The van der Waals surface area contributed by atoms with Gasteiger partial charge in [0.15, 0.2) is 0 Å². The number of aryl methyl sites for hydroxylation is 1. The summed E-state index contributed by atoms with van der Waals surface area (Å²) in [5.41, 5.74) is 3.80. The first-order valence-corrected chi connectivity index (χ1v) is 7.45. The first-order chi connectivity index (χ1) is 9.93. The topological polar surface area (TPSA) is 29.5 Å². The number of aliphatic hydroxyl groups is 1. The summed E-state index contributed by atoms with van der Waals surface area (Å²) in [5, 5.41) is 11.7. The third kappa shape index (κ3) is 3.52. The molecule has 0 radical (unpaired) electrons. The van der Waals surface area contributed by atoms with Crippen LogP contribution in [0.4, 0.5) is 0 Å². The van der Waals surface area contributed by atoms with Crippen molar-refractivity contribution < 1.29 is 9.84 Å². The Morgan fingerprint density at radius 2 is 1.86 bits per heavy atom. The summed E-state index contributed by atoms with van der Waals surface area (Å²) in [6, 6.07) is 9.17. The Morgan fingerprint density at radius 1 is 1.14 bits per heavy atom. The first-order valence-electron chi connectivity index (χ1n) is 6.70. The second kappa shape index (κ2) is 6.69. The van der Waals surface area contributed by atoms with E-state index in [0.717, 1.165) is 28.0 Å². The highest BCUT2D eigenvalue weighted by Gasteiger charge is 2.17. The van der Waals surface area contributed by atoms with Gasteiger partial charge in [0.1, 0.15) is 5.75 Å². The van der Waals surface area contributed by atoms with E-state index < -0.39 is 6.10 Å². The number of ether oxygens (including phenoxy) is 1. The summed E-state index contributed by atoms with van der Waals surface area (Å²) in [6.07, 6.45) is -0.271. The summed E-state index contributed by atoms with van der Waals surface area (Å²) >= 11 is 12.1. The standard InChI is InChI=1S/C17H18Cl2O2/c1-10-4-7-14(17(21-3)11(10)2)16(20)8-12-5-6-13(18)9-15(12)19/h4-7,9,16,20H,8H2,1-3H3. The summed E-state index contributed by atoms with van der Waals surface area (Å²) in [5.74, 6) is 0.729. The van der Waals surface area contributed by atoms with Crippen molar-refractivity contribution in [1.29, 1.82) is 0 Å². The van der Waals surface area contributed by atoms with Crippen LogP contribution < -0.4 is 4.74 Å². The van der Waals surface area contributed by atoms with E-state index in [1.54, 1.807) is 19.2 Å². The Bertz CT molecular complexity index is 653. The van der Waals surface area contributed by atoms with Gasteiger partial charge in [0, 0.05) is 22.0 Å². The zero-order valence-corrected chi connectivity index (χ0v) is 13.8. The van der Waals surface area contributed by atoms with Crippen LogP contribution in [0.15, 0.2) is 30.3 Å². The van der Waals surface area contributed by atoms with E-state index in [9.17, 15) is 5.11 Å². The molecule has 0 bridgehead atoms. The molecule has 0 aliphatic carbocycles. The van der Waals surface area contributed by atoms with E-state index in [2.05, 4.69) is 0 Å². The maximum atomic E-state index is 10.5. The highest BCUT2D eigenvalue weighted by atomic mass is 35.5. The normalized spacial score (nSPS) is 12.3. The molecule has 2 aromatic rings. The molecule has 0 fully saturated rings. The number of rotatable bonds is 4.